The molecule has 108 valence electrons. The van der Waals surface area contributed by atoms with Crippen molar-refractivity contribution in [2.75, 3.05) is 11.3 Å². The van der Waals surface area contributed by atoms with Crippen LogP contribution in [0.3, 0.4) is 0 Å². The monoisotopic (exact) mass is 312 g/mol. The molecule has 0 aliphatic rings. The van der Waals surface area contributed by atoms with E-state index in [1.54, 1.807) is 35.7 Å². The Labute approximate surface area is 122 Å². The van der Waals surface area contributed by atoms with Crippen molar-refractivity contribution in [1.29, 1.82) is 0 Å². The van der Waals surface area contributed by atoms with Crippen molar-refractivity contribution in [1.82, 2.24) is 0 Å². The highest BCUT2D eigenvalue weighted by atomic mass is 32.2. The zero-order chi connectivity index (χ0) is 14.6. The lowest BCUT2D eigenvalue weighted by Crippen LogP contribution is -2.15. The first-order chi connectivity index (χ1) is 9.58. The van der Waals surface area contributed by atoms with Gasteiger partial charge in [0.15, 0.2) is 0 Å². The van der Waals surface area contributed by atoms with E-state index >= 15 is 0 Å². The van der Waals surface area contributed by atoms with E-state index < -0.39 is 10.0 Å². The molecule has 7 heteroatoms. The average molecular weight is 312 g/mol. The van der Waals surface area contributed by atoms with Gasteiger partial charge in [-0.2, -0.15) is 0 Å². The second kappa shape index (κ2) is 6.25. The Hall–Kier alpha value is -1.57. The molecule has 0 bridgehead atoms. The van der Waals surface area contributed by atoms with E-state index in [1.807, 2.05) is 6.92 Å². The molecule has 0 spiro atoms. The quantitative estimate of drug-likeness (QED) is 0.858. The minimum atomic E-state index is -3.65. The normalized spacial score (nSPS) is 11.3. The van der Waals surface area contributed by atoms with Gasteiger partial charge >= 0.3 is 0 Å². The van der Waals surface area contributed by atoms with Gasteiger partial charge in [0.25, 0.3) is 10.0 Å². The van der Waals surface area contributed by atoms with Gasteiger partial charge in [-0.15, -0.1) is 11.3 Å². The average Bonchev–Trinajstić information content (AvgIpc) is 2.90. The van der Waals surface area contributed by atoms with E-state index in [2.05, 4.69) is 4.72 Å². The van der Waals surface area contributed by atoms with Crippen molar-refractivity contribution in [2.45, 2.75) is 18.4 Å². The number of anilines is 1. The minimum absolute atomic E-state index is 0.195. The van der Waals surface area contributed by atoms with Crippen LogP contribution in [0.4, 0.5) is 5.69 Å². The third-order valence-corrected chi connectivity index (χ3v) is 5.13. The van der Waals surface area contributed by atoms with Crippen LogP contribution in [0.15, 0.2) is 40.6 Å². The van der Waals surface area contributed by atoms with Crippen molar-refractivity contribution in [3.8, 4) is 5.75 Å². The Kier molecular flexibility index (Phi) is 4.64. The maximum atomic E-state index is 12.4. The fourth-order valence-corrected chi connectivity index (χ4v) is 4.16. The van der Waals surface area contributed by atoms with Crippen molar-refractivity contribution < 1.29 is 13.2 Å². The number of nitrogens with one attached hydrogen (secondary N) is 1. The second-order valence-corrected chi connectivity index (χ2v) is 6.60. The van der Waals surface area contributed by atoms with Gasteiger partial charge in [-0.25, -0.2) is 8.42 Å². The number of rotatable bonds is 6. The van der Waals surface area contributed by atoms with Gasteiger partial charge < -0.3 is 10.5 Å². The summed E-state index contributed by atoms with van der Waals surface area (Å²) in [6.07, 6.45) is 0. The molecule has 0 amide bonds. The van der Waals surface area contributed by atoms with Gasteiger partial charge in [-0.05, 0) is 30.5 Å². The fraction of sp³-hybridized carbons (Fsp3) is 0.231. The summed E-state index contributed by atoms with van der Waals surface area (Å²) in [4.78, 5) is 0.850. The molecule has 5 nitrogen and oxygen atoms in total. The molecule has 3 N–H and O–H groups in total. The highest BCUT2D eigenvalue weighted by Gasteiger charge is 2.20. The van der Waals surface area contributed by atoms with Crippen LogP contribution in [-0.2, 0) is 16.6 Å². The maximum Gasteiger partial charge on any atom is 0.263 e. The number of sulfonamides is 1. The summed E-state index contributed by atoms with van der Waals surface area (Å²) in [7, 11) is -3.65. The van der Waals surface area contributed by atoms with Crippen molar-refractivity contribution >= 4 is 27.0 Å². The molecule has 0 atom stereocenters. The first-order valence-corrected chi connectivity index (χ1v) is 8.46. The SMILES string of the molecule is CCOc1ccccc1NS(=O)(=O)c1ccsc1CN. The number of thiophene rings is 1. The predicted octanol–water partition coefficient (Wildman–Crippen LogP) is 2.41. The van der Waals surface area contributed by atoms with Crippen molar-refractivity contribution in [2.24, 2.45) is 5.73 Å². The van der Waals surface area contributed by atoms with E-state index in [0.717, 1.165) is 0 Å². The molecular weight excluding hydrogens is 296 g/mol. The number of benzene rings is 1. The van der Waals surface area contributed by atoms with E-state index in [-0.39, 0.29) is 11.4 Å². The predicted molar refractivity (Wildman–Crippen MR) is 80.6 cm³/mol. The molecule has 20 heavy (non-hydrogen) atoms. The highest BCUT2D eigenvalue weighted by molar-refractivity contribution is 7.93. The van der Waals surface area contributed by atoms with Gasteiger partial charge in [0.05, 0.1) is 12.3 Å². The Morgan fingerprint density at radius 2 is 2.05 bits per heavy atom. The zero-order valence-corrected chi connectivity index (χ0v) is 12.6. The summed E-state index contributed by atoms with van der Waals surface area (Å²) >= 11 is 1.33. The van der Waals surface area contributed by atoms with Crippen LogP contribution in [0.5, 0.6) is 5.75 Å². The molecule has 2 rings (SSSR count). The third-order valence-electron chi connectivity index (χ3n) is 2.61. The van der Waals surface area contributed by atoms with Crippen LogP contribution >= 0.6 is 11.3 Å². The molecule has 1 heterocycles. The van der Waals surface area contributed by atoms with Crippen molar-refractivity contribution in [3.63, 3.8) is 0 Å². The summed E-state index contributed by atoms with van der Waals surface area (Å²) in [6.45, 7) is 2.50. The summed E-state index contributed by atoms with van der Waals surface area (Å²) in [5.41, 5.74) is 5.98. The van der Waals surface area contributed by atoms with E-state index in [1.165, 1.54) is 11.3 Å². The van der Waals surface area contributed by atoms with Crippen LogP contribution in [-0.4, -0.2) is 15.0 Å². The topological polar surface area (TPSA) is 81.4 Å². The largest absolute Gasteiger partial charge is 0.492 e. The standard InChI is InChI=1S/C13H16N2O3S2/c1-2-18-11-6-4-3-5-10(11)15-20(16,17)13-7-8-19-12(13)9-14/h3-8,15H,2,9,14H2,1H3. The van der Waals surface area contributed by atoms with Crippen LogP contribution in [0.2, 0.25) is 0 Å². The molecule has 1 aromatic heterocycles. The van der Waals surface area contributed by atoms with Gasteiger partial charge in [0, 0.05) is 11.4 Å². The Morgan fingerprint density at radius 1 is 1.30 bits per heavy atom. The summed E-state index contributed by atoms with van der Waals surface area (Å²) in [5.74, 6) is 0.503. The molecular formula is C13H16N2O3S2. The Bertz CT molecular complexity index is 680. The molecule has 0 aliphatic heterocycles. The molecule has 1 aromatic carbocycles. The molecule has 0 aliphatic carbocycles. The Balaban J connectivity index is 2.34. The number of ether oxygens (including phenoxy) is 1. The number of hydrogen-bond donors (Lipinski definition) is 2. The highest BCUT2D eigenvalue weighted by Crippen LogP contribution is 2.29. The van der Waals surface area contributed by atoms with Crippen LogP contribution in [0, 0.1) is 0 Å². The number of nitrogens with two attached hydrogens (primary N) is 1. The van der Waals surface area contributed by atoms with Gasteiger partial charge in [0.2, 0.25) is 0 Å². The first-order valence-electron chi connectivity index (χ1n) is 6.09. The van der Waals surface area contributed by atoms with Gasteiger partial charge in [-0.3, -0.25) is 4.72 Å². The minimum Gasteiger partial charge on any atom is -0.492 e. The van der Waals surface area contributed by atoms with E-state index in [0.29, 0.717) is 22.9 Å². The lowest BCUT2D eigenvalue weighted by Gasteiger charge is -2.12. The summed E-state index contributed by atoms with van der Waals surface area (Å²) < 4.78 is 32.7. The Morgan fingerprint density at radius 3 is 2.75 bits per heavy atom. The first kappa shape index (κ1) is 14.8. The van der Waals surface area contributed by atoms with Crippen LogP contribution in [0.25, 0.3) is 0 Å². The van der Waals surface area contributed by atoms with Gasteiger partial charge in [0.1, 0.15) is 10.6 Å². The lowest BCUT2D eigenvalue weighted by atomic mass is 10.3. The fourth-order valence-electron chi connectivity index (χ4n) is 1.75. The van der Waals surface area contributed by atoms with Gasteiger partial charge in [-0.1, -0.05) is 12.1 Å². The molecule has 2 aromatic rings. The lowest BCUT2D eigenvalue weighted by molar-refractivity contribution is 0.342. The summed E-state index contributed by atoms with van der Waals surface area (Å²) in [5, 5.41) is 1.71. The third kappa shape index (κ3) is 3.12. The molecule has 0 saturated heterocycles. The number of para-hydroxylation sites is 2. The second-order valence-electron chi connectivity index (χ2n) is 3.95. The van der Waals surface area contributed by atoms with Crippen LogP contribution in [0.1, 0.15) is 11.8 Å². The summed E-state index contributed by atoms with van der Waals surface area (Å²) in [6, 6.07) is 8.48. The molecule has 0 fully saturated rings. The molecule has 0 unspecified atom stereocenters. The van der Waals surface area contributed by atoms with E-state index in [9.17, 15) is 8.42 Å². The van der Waals surface area contributed by atoms with E-state index in [4.69, 9.17) is 10.5 Å². The van der Waals surface area contributed by atoms with Crippen molar-refractivity contribution in [3.05, 3.63) is 40.6 Å². The number of hydrogen-bond acceptors (Lipinski definition) is 5. The maximum absolute atomic E-state index is 12.4. The molecule has 0 radical (unpaired) electrons. The van der Waals surface area contributed by atoms with Crippen LogP contribution < -0.4 is 15.2 Å². The molecule has 0 saturated carbocycles. The zero-order valence-electron chi connectivity index (χ0n) is 11.0. The smallest absolute Gasteiger partial charge is 0.263 e.